The van der Waals surface area contributed by atoms with E-state index in [4.69, 9.17) is 4.74 Å². The predicted octanol–water partition coefficient (Wildman–Crippen LogP) is -4.00. The quantitative estimate of drug-likeness (QED) is 0.333. The zero-order chi connectivity index (χ0) is 14.8. The molecule has 0 saturated carbocycles. The van der Waals surface area contributed by atoms with Crippen LogP contribution in [0.2, 0.25) is 0 Å². The van der Waals surface area contributed by atoms with Crippen LogP contribution in [-0.4, -0.2) is 73.7 Å². The summed E-state index contributed by atoms with van der Waals surface area (Å²) in [6, 6.07) is -1.39. The molecule has 0 aromatic carbocycles. The second kappa shape index (κ2) is 5.94. The molecule has 13 heteroatoms. The van der Waals surface area contributed by atoms with Gasteiger partial charge in [-0.05, 0) is 0 Å². The Morgan fingerprint density at radius 3 is 2.26 bits per heavy atom. The minimum absolute atomic E-state index is 0.507. The molecular formula is C6H11NO10S2-2. The van der Waals surface area contributed by atoms with Crippen molar-refractivity contribution in [2.24, 2.45) is 0 Å². The van der Waals surface area contributed by atoms with Crippen molar-refractivity contribution in [2.45, 2.75) is 24.4 Å². The third-order valence-corrected chi connectivity index (χ3v) is 3.32. The summed E-state index contributed by atoms with van der Waals surface area (Å²) in [7, 11) is -9.85. The lowest BCUT2D eigenvalue weighted by Crippen LogP contribution is -2.60. The number of hydrogen-bond donors (Lipinski definition) is 3. The Kier molecular flexibility index (Phi) is 5.21. The molecule has 0 bridgehead atoms. The number of aliphatic hydroxyl groups is 2. The van der Waals surface area contributed by atoms with Crippen LogP contribution in [0.4, 0.5) is 0 Å². The second-order valence-corrected chi connectivity index (χ2v) is 5.92. The largest absolute Gasteiger partial charge is 0.735 e. The number of nitrogens with one attached hydrogen (secondary N) is 1. The lowest BCUT2D eigenvalue weighted by molar-refractivity contribution is -0.156. The molecule has 0 amide bonds. The fraction of sp³-hybridized carbons (Fsp3) is 1.00. The third-order valence-electron chi connectivity index (χ3n) is 2.31. The Balaban J connectivity index is 2.62. The van der Waals surface area contributed by atoms with Crippen LogP contribution < -0.4 is 4.72 Å². The Morgan fingerprint density at radius 2 is 1.79 bits per heavy atom. The van der Waals surface area contributed by atoms with Gasteiger partial charge < -0.3 is 24.1 Å². The molecule has 1 aliphatic heterocycles. The van der Waals surface area contributed by atoms with Gasteiger partial charge in [0.2, 0.25) is 10.4 Å². The van der Waals surface area contributed by atoms with Gasteiger partial charge in [0, 0.05) is 0 Å². The van der Waals surface area contributed by atoms with Gasteiger partial charge in [-0.25, -0.2) is 21.6 Å². The highest BCUT2D eigenvalue weighted by Gasteiger charge is 2.39. The summed E-state index contributed by atoms with van der Waals surface area (Å²) in [6.45, 7) is -1.35. The summed E-state index contributed by atoms with van der Waals surface area (Å²) in [6.07, 6.45) is -4.82. The first-order valence-electron chi connectivity index (χ1n) is 4.81. The zero-order valence-electron chi connectivity index (χ0n) is 9.20. The van der Waals surface area contributed by atoms with E-state index in [0.29, 0.717) is 0 Å². The topological polar surface area (TPSA) is 185 Å². The highest BCUT2D eigenvalue weighted by Crippen LogP contribution is 2.17. The average molecular weight is 321 g/mol. The van der Waals surface area contributed by atoms with E-state index in [0.717, 1.165) is 0 Å². The minimum Gasteiger partial charge on any atom is -0.735 e. The van der Waals surface area contributed by atoms with E-state index in [9.17, 15) is 36.2 Å². The Bertz CT molecular complexity index is 498. The van der Waals surface area contributed by atoms with E-state index in [2.05, 4.69) is 4.18 Å². The average Bonchev–Trinajstić information content (AvgIpc) is 2.21. The van der Waals surface area contributed by atoms with Crippen LogP contribution in [0.3, 0.4) is 0 Å². The van der Waals surface area contributed by atoms with Gasteiger partial charge in [0.1, 0.15) is 18.3 Å². The van der Waals surface area contributed by atoms with E-state index < -0.39 is 58.3 Å². The van der Waals surface area contributed by atoms with Crippen molar-refractivity contribution in [1.29, 1.82) is 0 Å². The van der Waals surface area contributed by atoms with Gasteiger partial charge in [0.05, 0.1) is 19.3 Å². The first-order valence-corrected chi connectivity index (χ1v) is 7.55. The molecule has 4 atom stereocenters. The maximum Gasteiger partial charge on any atom is 0.217 e. The molecule has 114 valence electrons. The highest BCUT2D eigenvalue weighted by atomic mass is 32.3. The lowest BCUT2D eigenvalue weighted by atomic mass is 9.99. The minimum atomic E-state index is -4.99. The van der Waals surface area contributed by atoms with Crippen molar-refractivity contribution in [1.82, 2.24) is 4.72 Å². The Hall–Kier alpha value is -0.380. The van der Waals surface area contributed by atoms with Crippen LogP contribution in [-0.2, 0) is 29.6 Å². The zero-order valence-corrected chi connectivity index (χ0v) is 10.8. The Labute approximate surface area is 109 Å². The number of hydrogen-bond acceptors (Lipinski definition) is 10. The van der Waals surface area contributed by atoms with Gasteiger partial charge in [-0.15, -0.1) is 0 Å². The summed E-state index contributed by atoms with van der Waals surface area (Å²) in [5, 5.41) is 19.0. The Morgan fingerprint density at radius 1 is 1.21 bits per heavy atom. The van der Waals surface area contributed by atoms with Crippen LogP contribution >= 0.6 is 0 Å². The van der Waals surface area contributed by atoms with Crippen LogP contribution in [0.15, 0.2) is 0 Å². The molecule has 0 aromatic heterocycles. The molecule has 3 N–H and O–H groups in total. The normalized spacial score (nSPS) is 33.3. The van der Waals surface area contributed by atoms with Gasteiger partial charge >= 0.3 is 0 Å². The molecule has 1 heterocycles. The van der Waals surface area contributed by atoms with Crippen LogP contribution in [0.25, 0.3) is 0 Å². The van der Waals surface area contributed by atoms with Crippen molar-refractivity contribution in [2.75, 3.05) is 13.2 Å². The predicted molar refractivity (Wildman–Crippen MR) is 54.0 cm³/mol. The van der Waals surface area contributed by atoms with Crippen molar-refractivity contribution in [3.05, 3.63) is 0 Å². The monoisotopic (exact) mass is 321 g/mol. The van der Waals surface area contributed by atoms with E-state index in [1.807, 2.05) is 0 Å². The molecule has 1 saturated heterocycles. The van der Waals surface area contributed by atoms with Gasteiger partial charge in [-0.1, -0.05) is 0 Å². The molecule has 4 unspecified atom stereocenters. The lowest BCUT2D eigenvalue weighted by Gasteiger charge is -2.38. The molecule has 0 spiro atoms. The third kappa shape index (κ3) is 5.64. The maximum absolute atomic E-state index is 10.4. The molecular weight excluding hydrogens is 310 g/mol. The van der Waals surface area contributed by atoms with Crippen molar-refractivity contribution < 1.29 is 45.1 Å². The first kappa shape index (κ1) is 16.7. The second-order valence-electron chi connectivity index (χ2n) is 3.72. The number of rotatable bonds is 5. The highest BCUT2D eigenvalue weighted by molar-refractivity contribution is 7.83. The molecule has 1 fully saturated rings. The summed E-state index contributed by atoms with van der Waals surface area (Å²) >= 11 is 0. The summed E-state index contributed by atoms with van der Waals surface area (Å²) in [5.74, 6) is 0. The van der Waals surface area contributed by atoms with Gasteiger partial charge in [0.15, 0.2) is 10.3 Å². The van der Waals surface area contributed by atoms with Crippen molar-refractivity contribution >= 4 is 20.7 Å². The molecule has 19 heavy (non-hydrogen) atoms. The van der Waals surface area contributed by atoms with E-state index in [1.54, 1.807) is 0 Å². The summed E-state index contributed by atoms with van der Waals surface area (Å²) in [5.41, 5.74) is 0. The first-order chi connectivity index (χ1) is 8.49. The number of ether oxygens (including phenoxy) is 1. The van der Waals surface area contributed by atoms with E-state index >= 15 is 0 Å². The van der Waals surface area contributed by atoms with Gasteiger partial charge in [0.25, 0.3) is 0 Å². The molecule has 0 aromatic rings. The van der Waals surface area contributed by atoms with Crippen LogP contribution in [0.5, 0.6) is 0 Å². The standard InChI is InChI=1S/C6H13NO10S2/c8-5-3(7-18(10,11)12)1-16-4(6(5)9)2-17-19(13,14)15/h3-9H,1-2H2,(H,10,11,12)(H,13,14,15)/p-2. The fourth-order valence-electron chi connectivity index (χ4n) is 1.47. The van der Waals surface area contributed by atoms with Gasteiger partial charge in [-0.3, -0.25) is 4.18 Å². The smallest absolute Gasteiger partial charge is 0.217 e. The molecule has 11 nitrogen and oxygen atoms in total. The van der Waals surface area contributed by atoms with Gasteiger partial charge in [-0.2, -0.15) is 0 Å². The summed E-state index contributed by atoms with van der Waals surface area (Å²) in [4.78, 5) is 0. The maximum atomic E-state index is 10.4. The van der Waals surface area contributed by atoms with Crippen molar-refractivity contribution in [3.63, 3.8) is 0 Å². The van der Waals surface area contributed by atoms with E-state index in [-0.39, 0.29) is 0 Å². The van der Waals surface area contributed by atoms with Crippen LogP contribution in [0, 0.1) is 0 Å². The molecule has 1 rings (SSSR count). The molecule has 0 radical (unpaired) electrons. The molecule has 0 aliphatic carbocycles. The fourth-order valence-corrected chi connectivity index (χ4v) is 2.35. The SMILES string of the molecule is O=S(=O)([O-])NC1COC(COS(=O)(=O)[O-])C(O)C1O. The van der Waals surface area contributed by atoms with Crippen molar-refractivity contribution in [3.8, 4) is 0 Å². The van der Waals surface area contributed by atoms with Crippen LogP contribution in [0.1, 0.15) is 0 Å². The van der Waals surface area contributed by atoms with E-state index in [1.165, 1.54) is 4.72 Å². The summed E-state index contributed by atoms with van der Waals surface area (Å²) < 4.78 is 72.0. The molecule has 1 aliphatic rings. The number of aliphatic hydroxyl groups excluding tert-OH is 2.